The lowest BCUT2D eigenvalue weighted by Gasteiger charge is -2.28. The fourth-order valence-corrected chi connectivity index (χ4v) is 13.4. The van der Waals surface area contributed by atoms with Crippen molar-refractivity contribution < 1.29 is 92.7 Å². The third kappa shape index (κ3) is 36.5. The van der Waals surface area contributed by atoms with Crippen LogP contribution in [0.15, 0.2) is 97.6 Å². The van der Waals surface area contributed by atoms with Gasteiger partial charge in [0.25, 0.3) is 0 Å². The van der Waals surface area contributed by atoms with E-state index in [-0.39, 0.29) is 68.8 Å². The average molecular weight is 1680 g/mol. The van der Waals surface area contributed by atoms with Gasteiger partial charge in [-0.1, -0.05) is 145 Å². The van der Waals surface area contributed by atoms with Crippen LogP contribution in [0.5, 0.6) is 5.75 Å². The number of fused-ring (bicyclic) bond motifs is 1. The molecule has 36 nitrogen and oxygen atoms in total. The van der Waals surface area contributed by atoms with Gasteiger partial charge in [0.2, 0.25) is 76.8 Å². The third-order valence-corrected chi connectivity index (χ3v) is 20.3. The number of primary amides is 1. The number of phenols is 1. The minimum absolute atomic E-state index is 0.0921. The first kappa shape index (κ1) is 99.2. The number of phenolic OH excluding ortho intramolecular Hbond substituents is 1. The number of aromatic hydroxyl groups is 1. The number of aliphatic hydroxyl groups excluding tert-OH is 3. The van der Waals surface area contributed by atoms with Gasteiger partial charge in [0.05, 0.1) is 25.1 Å². The number of rotatable bonds is 59. The molecule has 120 heavy (non-hydrogen) atoms. The molecule has 13 atom stereocenters. The maximum absolute atomic E-state index is 14.9. The van der Waals surface area contributed by atoms with E-state index in [1.54, 1.807) is 60.8 Å². The van der Waals surface area contributed by atoms with E-state index in [0.717, 1.165) is 39.5 Å². The summed E-state index contributed by atoms with van der Waals surface area (Å²) in [6.45, 7) is 6.40. The maximum atomic E-state index is 14.9. The van der Waals surface area contributed by atoms with Crippen LogP contribution in [0.2, 0.25) is 0 Å². The van der Waals surface area contributed by atoms with Crippen LogP contribution in [-0.4, -0.2) is 222 Å². The van der Waals surface area contributed by atoms with Crippen molar-refractivity contribution in [3.8, 4) is 5.75 Å². The van der Waals surface area contributed by atoms with E-state index < -0.39 is 175 Å². The van der Waals surface area contributed by atoms with Gasteiger partial charge in [0.15, 0.2) is 0 Å². The second-order valence-electron chi connectivity index (χ2n) is 30.4. The molecule has 3 aromatic carbocycles. The van der Waals surface area contributed by atoms with Crippen LogP contribution in [0, 0.1) is 0 Å². The molecular weight excluding hydrogens is 1550 g/mol. The van der Waals surface area contributed by atoms with E-state index in [2.05, 4.69) is 85.7 Å². The molecule has 36 heteroatoms. The maximum Gasteiger partial charge on any atom is 0.326 e. The molecule has 5 rings (SSSR count). The molecule has 660 valence electrons. The van der Waals surface area contributed by atoms with E-state index in [9.17, 15) is 92.7 Å². The largest absolute Gasteiger partial charge is 0.508 e. The first-order valence-corrected chi connectivity index (χ1v) is 41.5. The van der Waals surface area contributed by atoms with Crippen molar-refractivity contribution in [2.24, 2.45) is 11.5 Å². The van der Waals surface area contributed by atoms with Crippen molar-refractivity contribution in [2.45, 2.75) is 280 Å². The topological polar surface area (TPSA) is 581 Å². The Bertz CT molecular complexity index is 4070. The smallest absolute Gasteiger partial charge is 0.326 e. The SMILES string of the molecule is CCCCCCCCCCCCCCCC(=O)NCCCC[C@@H](NC(=O)[C@@H](CCC(N)=O)NC(=O)[C@H](Cc1ccc(O)cc1)NC(=O)[C@H](NC(=O)[C@@H](C)NC(=O)[C@@H](Cc1c[nH]c2ccccc12)NC(=O)[C@@H](Cc1cnc[nH]1)NC(=O)[C@H](NC(=O)[C@@H](CO)NC(=O)[C@H](Cc1ccccc1)NC(=O)[C@@H](CCCCN)NC(C)=O)[C@@H](C)O)[C@@H](C)O)C(=O)O. The van der Waals surface area contributed by atoms with Crippen molar-refractivity contribution in [2.75, 3.05) is 19.7 Å². The van der Waals surface area contributed by atoms with E-state index in [4.69, 9.17) is 11.5 Å². The Balaban J connectivity index is 1.29. The van der Waals surface area contributed by atoms with Gasteiger partial charge < -0.3 is 111 Å². The number of carboxylic acids is 1. The summed E-state index contributed by atoms with van der Waals surface area (Å²) in [5.74, 6) is -13.6. The van der Waals surface area contributed by atoms with Gasteiger partial charge in [-0.05, 0) is 114 Å². The number of imidazole rings is 1. The van der Waals surface area contributed by atoms with Gasteiger partial charge in [-0.2, -0.15) is 0 Å². The lowest BCUT2D eigenvalue weighted by Crippen LogP contribution is -2.63. The summed E-state index contributed by atoms with van der Waals surface area (Å²) in [7, 11) is 0. The predicted octanol–water partition coefficient (Wildman–Crippen LogP) is 1.24. The number of unbranched alkanes of at least 4 members (excludes halogenated alkanes) is 14. The number of aromatic amines is 2. The number of carbonyl (C=O) groups is 14. The molecule has 0 spiro atoms. The average Bonchev–Trinajstić information content (AvgIpc) is 1.66. The fourth-order valence-electron chi connectivity index (χ4n) is 13.4. The zero-order valence-corrected chi connectivity index (χ0v) is 69.3. The molecule has 0 unspecified atom stereocenters. The molecule has 0 saturated carbocycles. The standard InChI is InChI=1S/C84H125N17O19/c1-6-7-8-9-10-11-12-13-14-15-16-17-21-34-71(108)88-42-27-25-33-64(84(119)120)94-76(111)63(39-40-70(86)107)93-78(113)66(44-56-35-37-59(106)38-36-56)97-82(117)72(52(3)103)100-74(109)51(2)91-77(112)67(45-57-47-89-61-31-23-22-30-60(57)61)96-80(115)68(46-58-48-87-50-90-58)98-83(118)73(53(4)104)101-81(116)69(49-102)99-79(114)65(43-55-28-19-18-20-29-55)95-75(110)62(92-54(5)105)32-24-26-41-85/h18-20,22-23,28-31,35-38,47-48,50-53,62-69,72-73,89,102-104,106H,6-17,21,24-27,32-34,39-46,49,85H2,1-5H3,(H2,86,107)(H,87,90)(H,88,108)(H,91,112)(H,92,105)(H,93,113)(H,94,111)(H,95,110)(H,96,115)(H,97,117)(H,98,118)(H,99,114)(H,100,109)(H,101,116)(H,119,120)/t51-,52-,53-,62-,63-,64-,65+,66+,67-,68-,69-,72-,73-/m1/s1. The Kier molecular flexibility index (Phi) is 44.6. The van der Waals surface area contributed by atoms with Gasteiger partial charge in [0, 0.05) is 81.0 Å². The second kappa shape index (κ2) is 53.9. The first-order chi connectivity index (χ1) is 57.4. The van der Waals surface area contributed by atoms with Crippen LogP contribution < -0.4 is 75.3 Å². The summed E-state index contributed by atoms with van der Waals surface area (Å²) in [4.78, 5) is 203. The number of aliphatic carboxylic acids is 1. The highest BCUT2D eigenvalue weighted by Crippen LogP contribution is 2.21. The molecule has 2 heterocycles. The zero-order chi connectivity index (χ0) is 88.1. The highest BCUT2D eigenvalue weighted by molar-refractivity contribution is 6.00. The van der Waals surface area contributed by atoms with Crippen molar-refractivity contribution >= 4 is 93.7 Å². The number of para-hydroxylation sites is 1. The summed E-state index contributed by atoms with van der Waals surface area (Å²) in [5, 5.41) is 84.0. The normalized spacial score (nSPS) is 14.5. The molecule has 0 bridgehead atoms. The number of H-pyrrole nitrogens is 2. The first-order valence-electron chi connectivity index (χ1n) is 41.5. The van der Waals surface area contributed by atoms with E-state index in [0.29, 0.717) is 59.8 Å². The molecule has 5 aromatic rings. The van der Waals surface area contributed by atoms with Crippen molar-refractivity contribution in [3.05, 3.63) is 120 Å². The van der Waals surface area contributed by atoms with Gasteiger partial charge >= 0.3 is 5.97 Å². The van der Waals surface area contributed by atoms with Crippen LogP contribution in [0.4, 0.5) is 0 Å². The number of carboxylic acid groups (broad SMARTS) is 1. The monoisotopic (exact) mass is 1680 g/mol. The number of aromatic nitrogens is 3. The number of amides is 13. The van der Waals surface area contributed by atoms with Gasteiger partial charge in [-0.3, -0.25) is 62.3 Å². The molecule has 2 aromatic heterocycles. The van der Waals surface area contributed by atoms with Gasteiger partial charge in [0.1, 0.15) is 72.2 Å². The molecule has 0 radical (unpaired) electrons. The Morgan fingerprint density at radius 2 is 0.908 bits per heavy atom. The molecule has 0 aliphatic heterocycles. The van der Waals surface area contributed by atoms with E-state index in [1.165, 1.54) is 108 Å². The lowest BCUT2D eigenvalue weighted by molar-refractivity contribution is -0.142. The highest BCUT2D eigenvalue weighted by Gasteiger charge is 2.39. The van der Waals surface area contributed by atoms with Crippen molar-refractivity contribution in [3.63, 3.8) is 0 Å². The summed E-state index contributed by atoms with van der Waals surface area (Å²) in [6.07, 6.45) is 15.9. The number of carbonyl (C=O) groups excluding carboxylic acids is 13. The Hall–Kier alpha value is -11.4. The number of benzene rings is 3. The quantitative estimate of drug-likeness (QED) is 0.0244. The number of hydrogen-bond acceptors (Lipinski definition) is 20. The molecule has 0 aliphatic carbocycles. The van der Waals surface area contributed by atoms with Crippen LogP contribution in [-0.2, 0) is 92.8 Å². The summed E-state index contributed by atoms with van der Waals surface area (Å²) >= 11 is 0. The molecule has 23 N–H and O–H groups in total. The number of nitrogens with zero attached hydrogens (tertiary/aromatic N) is 1. The van der Waals surface area contributed by atoms with E-state index >= 15 is 0 Å². The minimum atomic E-state index is -1.92. The van der Waals surface area contributed by atoms with Gasteiger partial charge in [-0.25, -0.2) is 9.78 Å². The third-order valence-electron chi connectivity index (χ3n) is 20.3. The van der Waals surface area contributed by atoms with Crippen LogP contribution >= 0.6 is 0 Å². The molecular formula is C84H125N17O19. The Morgan fingerprint density at radius 3 is 1.44 bits per heavy atom. The Labute approximate surface area is 699 Å². The summed E-state index contributed by atoms with van der Waals surface area (Å²) in [6, 6.07) is 2.98. The van der Waals surface area contributed by atoms with Gasteiger partial charge in [-0.15, -0.1) is 0 Å². The van der Waals surface area contributed by atoms with Crippen molar-refractivity contribution in [1.29, 1.82) is 0 Å². The highest BCUT2D eigenvalue weighted by atomic mass is 16.4. The molecule has 0 aliphatic rings. The van der Waals surface area contributed by atoms with Crippen LogP contribution in [0.25, 0.3) is 10.9 Å². The molecule has 0 fully saturated rings. The fraction of sp³-hybridized carbons (Fsp3) is 0.560. The molecule has 13 amide bonds. The number of aliphatic hydroxyl groups is 3. The number of nitrogens with two attached hydrogens (primary N) is 2. The zero-order valence-electron chi connectivity index (χ0n) is 69.3. The lowest BCUT2D eigenvalue weighted by atomic mass is 10.0. The Morgan fingerprint density at radius 1 is 0.450 bits per heavy atom. The van der Waals surface area contributed by atoms with E-state index in [1.807, 2.05) is 0 Å². The molecule has 0 saturated heterocycles. The number of nitrogens with one attached hydrogen (secondary N) is 14. The van der Waals surface area contributed by atoms with Crippen LogP contribution in [0.1, 0.15) is 198 Å². The summed E-state index contributed by atoms with van der Waals surface area (Å²) in [5.41, 5.74) is 13.4. The minimum Gasteiger partial charge on any atom is -0.508 e. The summed E-state index contributed by atoms with van der Waals surface area (Å²) < 4.78 is 0. The van der Waals surface area contributed by atoms with Crippen molar-refractivity contribution in [1.82, 2.24) is 78.8 Å². The second-order valence-corrected chi connectivity index (χ2v) is 30.4. The van der Waals surface area contributed by atoms with Crippen LogP contribution in [0.3, 0.4) is 0 Å². The number of hydrogen-bond donors (Lipinski definition) is 21. The predicted molar refractivity (Wildman–Crippen MR) is 445 cm³/mol.